The number of alkyl halides is 3. The standard InChI is InChI=1S/C29H34F3N5O4/c1-18(40-3)25-24(17-34-37(25)23-13-15-33-16-14-23)35-22-11-9-19(10-12-22)26(29(30,31)32)36(2)27(38)20-5-7-21(8-6-20)28(39)41-4/h9-18,20-21,26,35H,5-8H2,1-4H3/t18-,20?,21?,26-/m0/s1. The number of anilines is 2. The van der Waals surface area contributed by atoms with E-state index in [0.717, 1.165) is 16.3 Å². The van der Waals surface area contributed by atoms with Crippen LogP contribution in [0.4, 0.5) is 24.5 Å². The van der Waals surface area contributed by atoms with Crippen LogP contribution in [0.15, 0.2) is 55.0 Å². The summed E-state index contributed by atoms with van der Waals surface area (Å²) in [6.07, 6.45) is 1.40. The van der Waals surface area contributed by atoms with E-state index in [0.29, 0.717) is 37.1 Å². The molecule has 2 atom stereocenters. The lowest BCUT2D eigenvalue weighted by Crippen LogP contribution is -2.43. The zero-order valence-corrected chi connectivity index (χ0v) is 23.4. The molecule has 0 saturated heterocycles. The second kappa shape index (κ2) is 12.7. The molecule has 0 unspecified atom stereocenters. The Bertz CT molecular complexity index is 1320. The van der Waals surface area contributed by atoms with E-state index in [9.17, 15) is 22.8 Å². The minimum absolute atomic E-state index is 0.0555. The Morgan fingerprint density at radius 2 is 1.63 bits per heavy atom. The number of ether oxygens (including phenoxy) is 2. The Labute approximate surface area is 236 Å². The molecule has 1 saturated carbocycles. The molecule has 1 aliphatic carbocycles. The Hall–Kier alpha value is -3.93. The Balaban J connectivity index is 1.52. The summed E-state index contributed by atoms with van der Waals surface area (Å²) in [4.78, 5) is 29.7. The van der Waals surface area contributed by atoms with Gasteiger partial charge in [-0.15, -0.1) is 0 Å². The van der Waals surface area contributed by atoms with Gasteiger partial charge in [-0.3, -0.25) is 14.6 Å². The van der Waals surface area contributed by atoms with Gasteiger partial charge in [0.05, 0.1) is 42.4 Å². The number of pyridine rings is 1. The minimum atomic E-state index is -4.69. The number of esters is 1. The third-order valence-corrected chi connectivity index (χ3v) is 7.61. The minimum Gasteiger partial charge on any atom is -0.469 e. The van der Waals surface area contributed by atoms with Crippen LogP contribution in [0.2, 0.25) is 0 Å². The lowest BCUT2D eigenvalue weighted by atomic mass is 9.81. The summed E-state index contributed by atoms with van der Waals surface area (Å²) in [6, 6.07) is 7.31. The van der Waals surface area contributed by atoms with Crippen LogP contribution < -0.4 is 5.32 Å². The molecule has 220 valence electrons. The maximum absolute atomic E-state index is 14.3. The van der Waals surface area contributed by atoms with Crippen molar-refractivity contribution < 1.29 is 32.2 Å². The van der Waals surface area contributed by atoms with Gasteiger partial charge in [0.2, 0.25) is 5.91 Å². The third-order valence-electron chi connectivity index (χ3n) is 7.61. The maximum Gasteiger partial charge on any atom is 0.413 e. The highest BCUT2D eigenvalue weighted by molar-refractivity contribution is 5.80. The second-order valence-electron chi connectivity index (χ2n) is 10.2. The van der Waals surface area contributed by atoms with Gasteiger partial charge in [0.25, 0.3) is 0 Å². The number of hydrogen-bond acceptors (Lipinski definition) is 7. The van der Waals surface area contributed by atoms with Crippen LogP contribution in [0.1, 0.15) is 56.0 Å². The maximum atomic E-state index is 14.3. The number of benzene rings is 1. The lowest BCUT2D eigenvalue weighted by Gasteiger charge is -2.35. The van der Waals surface area contributed by atoms with Gasteiger partial charge in [-0.1, -0.05) is 12.1 Å². The molecule has 0 aliphatic heterocycles. The second-order valence-corrected chi connectivity index (χ2v) is 10.2. The van der Waals surface area contributed by atoms with Crippen LogP contribution in [0.5, 0.6) is 0 Å². The molecule has 41 heavy (non-hydrogen) atoms. The van der Waals surface area contributed by atoms with E-state index < -0.39 is 24.0 Å². The van der Waals surface area contributed by atoms with Crippen LogP contribution in [-0.2, 0) is 19.1 Å². The quantitative estimate of drug-likeness (QED) is 0.325. The van der Waals surface area contributed by atoms with Gasteiger partial charge in [0.1, 0.15) is 0 Å². The van der Waals surface area contributed by atoms with E-state index in [2.05, 4.69) is 15.4 Å². The predicted octanol–water partition coefficient (Wildman–Crippen LogP) is 5.76. The monoisotopic (exact) mass is 573 g/mol. The summed E-state index contributed by atoms with van der Waals surface area (Å²) in [5.41, 5.74) is 2.62. The molecule has 1 aromatic carbocycles. The van der Waals surface area contributed by atoms with E-state index in [-0.39, 0.29) is 23.6 Å². The number of hydrogen-bond donors (Lipinski definition) is 1. The van der Waals surface area contributed by atoms with Crippen molar-refractivity contribution in [2.45, 2.75) is 50.9 Å². The smallest absolute Gasteiger partial charge is 0.413 e. The molecule has 0 radical (unpaired) electrons. The van der Waals surface area contributed by atoms with Gasteiger partial charge < -0.3 is 19.7 Å². The van der Waals surface area contributed by atoms with Crippen molar-refractivity contribution in [3.63, 3.8) is 0 Å². The number of aromatic nitrogens is 3. The van der Waals surface area contributed by atoms with E-state index in [1.54, 1.807) is 54.6 Å². The molecule has 0 spiro atoms. The highest BCUT2D eigenvalue weighted by atomic mass is 19.4. The number of halogens is 3. The van der Waals surface area contributed by atoms with Crippen molar-refractivity contribution in [2.75, 3.05) is 26.6 Å². The zero-order chi connectivity index (χ0) is 29.7. The Morgan fingerprint density at radius 3 is 2.20 bits per heavy atom. The highest BCUT2D eigenvalue weighted by Gasteiger charge is 2.46. The van der Waals surface area contributed by atoms with Crippen LogP contribution in [0.25, 0.3) is 5.69 Å². The largest absolute Gasteiger partial charge is 0.469 e. The summed E-state index contributed by atoms with van der Waals surface area (Å²) < 4.78 is 54.9. The van der Waals surface area contributed by atoms with Gasteiger partial charge >= 0.3 is 12.1 Å². The summed E-state index contributed by atoms with van der Waals surface area (Å²) in [6.45, 7) is 1.87. The van der Waals surface area contributed by atoms with Gasteiger partial charge in [0.15, 0.2) is 6.04 Å². The molecule has 3 aromatic rings. The van der Waals surface area contributed by atoms with Crippen molar-refractivity contribution in [1.29, 1.82) is 0 Å². The first-order valence-corrected chi connectivity index (χ1v) is 13.3. The van der Waals surface area contributed by atoms with Crippen molar-refractivity contribution in [3.8, 4) is 5.69 Å². The molecule has 1 fully saturated rings. The topological polar surface area (TPSA) is 98.6 Å². The number of methoxy groups -OCH3 is 2. The predicted molar refractivity (Wildman–Crippen MR) is 146 cm³/mol. The van der Waals surface area contributed by atoms with Crippen LogP contribution in [0.3, 0.4) is 0 Å². The average molecular weight is 574 g/mol. The first-order chi connectivity index (χ1) is 19.5. The first kappa shape index (κ1) is 30.0. The van der Waals surface area contributed by atoms with Gasteiger partial charge in [-0.2, -0.15) is 18.3 Å². The normalized spacial score (nSPS) is 18.8. The van der Waals surface area contributed by atoms with E-state index in [1.165, 1.54) is 26.3 Å². The number of nitrogens with one attached hydrogen (secondary N) is 1. The molecular formula is C29H34F3N5O4. The highest BCUT2D eigenvalue weighted by Crippen LogP contribution is 2.40. The van der Waals surface area contributed by atoms with E-state index in [4.69, 9.17) is 9.47 Å². The lowest BCUT2D eigenvalue weighted by molar-refractivity contribution is -0.191. The molecule has 1 N–H and O–H groups in total. The van der Waals surface area contributed by atoms with Crippen molar-refractivity contribution in [3.05, 3.63) is 66.2 Å². The Kier molecular flexibility index (Phi) is 9.31. The molecule has 4 rings (SSSR count). The van der Waals surface area contributed by atoms with Gasteiger partial charge in [0, 0.05) is 38.2 Å². The molecule has 1 amide bonds. The molecule has 2 heterocycles. The van der Waals surface area contributed by atoms with Gasteiger partial charge in [-0.25, -0.2) is 4.68 Å². The van der Waals surface area contributed by atoms with Crippen molar-refractivity contribution >= 4 is 23.3 Å². The van der Waals surface area contributed by atoms with E-state index in [1.807, 2.05) is 6.92 Å². The average Bonchev–Trinajstić information content (AvgIpc) is 3.40. The van der Waals surface area contributed by atoms with Crippen LogP contribution in [0, 0.1) is 11.8 Å². The Morgan fingerprint density at radius 1 is 1.02 bits per heavy atom. The molecule has 12 heteroatoms. The fraction of sp³-hybridized carbons (Fsp3) is 0.448. The third kappa shape index (κ3) is 6.70. The number of amides is 1. The van der Waals surface area contributed by atoms with Crippen molar-refractivity contribution in [1.82, 2.24) is 19.7 Å². The summed E-state index contributed by atoms with van der Waals surface area (Å²) in [5.74, 6) is -1.83. The molecule has 2 aromatic heterocycles. The van der Waals surface area contributed by atoms with Gasteiger partial charge in [-0.05, 0) is 62.4 Å². The fourth-order valence-electron chi connectivity index (χ4n) is 5.34. The number of rotatable bonds is 9. The molecule has 0 bridgehead atoms. The van der Waals surface area contributed by atoms with Crippen LogP contribution in [-0.4, -0.2) is 59.0 Å². The van der Waals surface area contributed by atoms with E-state index >= 15 is 0 Å². The summed E-state index contributed by atoms with van der Waals surface area (Å²) in [5, 5.41) is 7.69. The first-order valence-electron chi connectivity index (χ1n) is 13.3. The number of nitrogens with zero attached hydrogens (tertiary/aromatic N) is 4. The number of carbonyl (C=O) groups is 2. The number of carbonyl (C=O) groups excluding carboxylic acids is 2. The summed E-state index contributed by atoms with van der Waals surface area (Å²) in [7, 11) is 4.06. The summed E-state index contributed by atoms with van der Waals surface area (Å²) >= 11 is 0. The van der Waals surface area contributed by atoms with Crippen molar-refractivity contribution in [2.24, 2.45) is 11.8 Å². The fourth-order valence-corrected chi connectivity index (χ4v) is 5.34. The van der Waals surface area contributed by atoms with Crippen LogP contribution >= 0.6 is 0 Å². The zero-order valence-electron chi connectivity index (χ0n) is 23.4. The molecular weight excluding hydrogens is 539 g/mol. The molecule has 9 nitrogen and oxygen atoms in total. The molecule has 1 aliphatic rings. The SMILES string of the molecule is COC(=O)C1CCC(C(=O)N(C)[C@@H](c2ccc(Nc3cnn(-c4ccncc4)c3[C@H](C)OC)cc2)C(F)(F)F)CC1.